The lowest BCUT2D eigenvalue weighted by molar-refractivity contribution is -0.157. The Labute approximate surface area is 292 Å². The van der Waals surface area contributed by atoms with Gasteiger partial charge in [-0.05, 0) is 19.3 Å². The number of hydrogen-bond acceptors (Lipinski definition) is 7. The van der Waals surface area contributed by atoms with E-state index in [1.54, 1.807) is 0 Å². The van der Waals surface area contributed by atoms with Gasteiger partial charge in [0.25, 0.3) is 0 Å². The van der Waals surface area contributed by atoms with Crippen LogP contribution in [-0.2, 0) is 28.7 Å². The lowest BCUT2D eigenvalue weighted by Crippen LogP contribution is -2.42. The highest BCUT2D eigenvalue weighted by atomic mass is 32.2. The molecule has 0 aromatic rings. The number of hydrogen-bond donors (Lipinski definition) is 2. The van der Waals surface area contributed by atoms with Crippen molar-refractivity contribution < 1.29 is 33.8 Å². The highest BCUT2D eigenvalue weighted by molar-refractivity contribution is 7.99. The number of unbranched alkanes of at least 4 members (excludes halogenated alkanes) is 20. The van der Waals surface area contributed by atoms with E-state index in [0.29, 0.717) is 19.3 Å². The summed E-state index contributed by atoms with van der Waals surface area (Å²) < 4.78 is 11.2. The first-order chi connectivity index (χ1) is 22.8. The van der Waals surface area contributed by atoms with Gasteiger partial charge < -0.3 is 19.9 Å². The quantitative estimate of drug-likeness (QED) is 0.0500. The number of carboxylic acids is 1. The highest BCUT2D eigenvalue weighted by Crippen LogP contribution is 2.15. The molecule has 47 heavy (non-hydrogen) atoms. The van der Waals surface area contributed by atoms with Crippen molar-refractivity contribution in [3.8, 4) is 0 Å². The number of amides is 1. The van der Waals surface area contributed by atoms with Gasteiger partial charge in [0.15, 0.2) is 0 Å². The summed E-state index contributed by atoms with van der Waals surface area (Å²) in [6.07, 6.45) is 26.2. The average Bonchev–Trinajstić information content (AvgIpc) is 3.04. The molecule has 0 saturated heterocycles. The van der Waals surface area contributed by atoms with E-state index in [0.717, 1.165) is 70.6 Å². The predicted octanol–water partition coefficient (Wildman–Crippen LogP) is 9.95. The van der Waals surface area contributed by atoms with Gasteiger partial charge in [0.05, 0.1) is 0 Å². The second kappa shape index (κ2) is 34.1. The monoisotopic (exact) mass is 685 g/mol. The third-order valence-electron chi connectivity index (χ3n) is 8.43. The van der Waals surface area contributed by atoms with Crippen molar-refractivity contribution in [2.45, 2.75) is 200 Å². The molecule has 0 heterocycles. The molecule has 0 aromatic carbocycles. The molecule has 1 amide bonds. The molecule has 9 heteroatoms. The molecule has 276 valence electrons. The van der Waals surface area contributed by atoms with Crippen LogP contribution in [0.3, 0.4) is 0 Å². The van der Waals surface area contributed by atoms with Gasteiger partial charge >= 0.3 is 17.9 Å². The summed E-state index contributed by atoms with van der Waals surface area (Å²) >= 11 is 1.28. The Balaban J connectivity index is 4.66. The van der Waals surface area contributed by atoms with E-state index in [1.165, 1.54) is 88.8 Å². The van der Waals surface area contributed by atoms with Crippen molar-refractivity contribution in [1.82, 2.24) is 5.32 Å². The third kappa shape index (κ3) is 31.3. The Kier molecular flexibility index (Phi) is 32.8. The molecule has 0 aliphatic heterocycles. The molecule has 0 aliphatic carbocycles. The highest BCUT2D eigenvalue weighted by Gasteiger charge is 2.22. The minimum Gasteiger partial charge on any atom is -0.480 e. The Hall–Kier alpha value is -1.77. The van der Waals surface area contributed by atoms with Crippen LogP contribution in [0.1, 0.15) is 188 Å². The molecule has 0 aliphatic rings. The first-order valence-corrected chi connectivity index (χ1v) is 20.4. The molecular weight excluding hydrogens is 614 g/mol. The number of carbonyl (C=O) groups is 4. The zero-order chi connectivity index (χ0) is 34.8. The molecule has 0 radical (unpaired) electrons. The van der Waals surface area contributed by atoms with E-state index in [2.05, 4.69) is 26.1 Å². The molecule has 0 saturated carbocycles. The normalized spacial score (nSPS) is 12.4. The van der Waals surface area contributed by atoms with Crippen molar-refractivity contribution in [3.63, 3.8) is 0 Å². The van der Waals surface area contributed by atoms with Crippen molar-refractivity contribution in [3.05, 3.63) is 0 Å². The lowest BCUT2D eigenvalue weighted by Gasteiger charge is -2.19. The van der Waals surface area contributed by atoms with Gasteiger partial charge in [0.1, 0.15) is 18.8 Å². The predicted molar refractivity (Wildman–Crippen MR) is 195 cm³/mol. The number of ether oxygens (including phenoxy) is 2. The number of thioether (sulfide) groups is 1. The van der Waals surface area contributed by atoms with E-state index in [1.807, 2.05) is 0 Å². The zero-order valence-electron chi connectivity index (χ0n) is 30.5. The third-order valence-corrected chi connectivity index (χ3v) is 9.60. The molecule has 0 bridgehead atoms. The summed E-state index contributed by atoms with van der Waals surface area (Å²) in [5.41, 5.74) is 0. The zero-order valence-corrected chi connectivity index (χ0v) is 31.3. The van der Waals surface area contributed by atoms with Crippen LogP contribution in [0, 0.1) is 0 Å². The summed E-state index contributed by atoms with van der Waals surface area (Å²) in [7, 11) is 0. The fraction of sp³-hybridized carbons (Fsp3) is 0.895. The van der Waals surface area contributed by atoms with E-state index < -0.39 is 18.1 Å². The summed E-state index contributed by atoms with van der Waals surface area (Å²) in [5, 5.41) is 12.3. The van der Waals surface area contributed by atoms with E-state index >= 15 is 0 Å². The van der Waals surface area contributed by atoms with Crippen LogP contribution in [0.4, 0.5) is 0 Å². The molecule has 0 unspecified atom stereocenters. The standard InChI is InChI=1S/C38H71NO7S/c1-4-7-10-13-15-17-19-22-25-28-36(41)45-30-33(46-37(42)29-26-23-20-18-16-14-11-8-5-2)31-47-32-34(38(43)44)39-35(40)27-24-21-12-9-6-3/h33-34H,4-32H2,1-3H3,(H,39,40)(H,43,44)/t33-,34+/m1/s1. The Morgan fingerprint density at radius 1 is 0.553 bits per heavy atom. The second-order valence-electron chi connectivity index (χ2n) is 13.1. The van der Waals surface area contributed by atoms with Crippen LogP contribution >= 0.6 is 11.8 Å². The maximum atomic E-state index is 12.7. The van der Waals surface area contributed by atoms with Crippen LogP contribution in [0.5, 0.6) is 0 Å². The van der Waals surface area contributed by atoms with Crippen LogP contribution in [0.25, 0.3) is 0 Å². The maximum absolute atomic E-state index is 12.7. The SMILES string of the molecule is CCCCCCCCCCCC(=O)OC[C@H](CSC[C@H](NC(=O)CCCCCCC)C(=O)O)OC(=O)CCCCCCCCCCC. The summed E-state index contributed by atoms with van der Waals surface area (Å²) in [5.74, 6) is -1.56. The van der Waals surface area contributed by atoms with Gasteiger partial charge in [-0.2, -0.15) is 11.8 Å². The fourth-order valence-corrected chi connectivity index (χ4v) is 6.45. The molecule has 2 N–H and O–H groups in total. The summed E-state index contributed by atoms with van der Waals surface area (Å²) in [6.45, 7) is 6.52. The van der Waals surface area contributed by atoms with Gasteiger partial charge in [-0.1, -0.05) is 149 Å². The van der Waals surface area contributed by atoms with Crippen molar-refractivity contribution in [2.24, 2.45) is 0 Å². The topological polar surface area (TPSA) is 119 Å². The van der Waals surface area contributed by atoms with Crippen molar-refractivity contribution in [2.75, 3.05) is 18.1 Å². The fourth-order valence-electron chi connectivity index (χ4n) is 5.43. The number of aliphatic carboxylic acids is 1. The summed E-state index contributed by atoms with van der Waals surface area (Å²) in [6, 6.07) is -1.03. The first-order valence-electron chi connectivity index (χ1n) is 19.3. The maximum Gasteiger partial charge on any atom is 0.327 e. The van der Waals surface area contributed by atoms with Crippen LogP contribution in [-0.4, -0.2) is 59.2 Å². The lowest BCUT2D eigenvalue weighted by atomic mass is 10.1. The molecule has 0 fully saturated rings. The smallest absolute Gasteiger partial charge is 0.327 e. The van der Waals surface area contributed by atoms with E-state index in [-0.39, 0.29) is 36.0 Å². The van der Waals surface area contributed by atoms with Gasteiger partial charge in [-0.25, -0.2) is 4.79 Å². The van der Waals surface area contributed by atoms with Crippen molar-refractivity contribution >= 4 is 35.6 Å². The van der Waals surface area contributed by atoms with Gasteiger partial charge in [-0.15, -0.1) is 0 Å². The molecule has 0 rings (SSSR count). The molecular formula is C38H71NO7S. The van der Waals surface area contributed by atoms with Crippen LogP contribution < -0.4 is 5.32 Å². The number of esters is 2. The average molecular weight is 686 g/mol. The molecule has 0 aromatic heterocycles. The van der Waals surface area contributed by atoms with Gasteiger partial charge in [0, 0.05) is 30.8 Å². The van der Waals surface area contributed by atoms with Gasteiger partial charge in [0.2, 0.25) is 5.91 Å². The Morgan fingerprint density at radius 3 is 1.40 bits per heavy atom. The second-order valence-corrected chi connectivity index (χ2v) is 14.2. The first kappa shape index (κ1) is 45.2. The number of rotatable bonds is 35. The van der Waals surface area contributed by atoms with Crippen LogP contribution in [0.15, 0.2) is 0 Å². The number of nitrogens with one attached hydrogen (secondary N) is 1. The van der Waals surface area contributed by atoms with Gasteiger partial charge in [-0.3, -0.25) is 14.4 Å². The Bertz CT molecular complexity index is 779. The van der Waals surface area contributed by atoms with E-state index in [9.17, 15) is 24.3 Å². The van der Waals surface area contributed by atoms with Crippen molar-refractivity contribution in [1.29, 1.82) is 0 Å². The molecule has 2 atom stereocenters. The number of carboxylic acid groups (broad SMARTS) is 1. The largest absolute Gasteiger partial charge is 0.480 e. The minimum absolute atomic E-state index is 0.0470. The molecule has 8 nitrogen and oxygen atoms in total. The number of carbonyl (C=O) groups excluding carboxylic acids is 3. The summed E-state index contributed by atoms with van der Waals surface area (Å²) in [4.78, 5) is 49.2. The Morgan fingerprint density at radius 2 is 0.957 bits per heavy atom. The van der Waals surface area contributed by atoms with E-state index in [4.69, 9.17) is 9.47 Å². The minimum atomic E-state index is -1.09. The van der Waals surface area contributed by atoms with Crippen LogP contribution in [0.2, 0.25) is 0 Å². The molecule has 0 spiro atoms.